The second kappa shape index (κ2) is 5.51. The molecule has 1 N–H and O–H groups in total. The number of nitrogens with zero attached hydrogens (tertiary/aromatic N) is 1. The van der Waals surface area contributed by atoms with E-state index in [1.807, 2.05) is 31.6 Å². The molecule has 0 spiro atoms. The Kier molecular flexibility index (Phi) is 3.58. The summed E-state index contributed by atoms with van der Waals surface area (Å²) in [6, 6.07) is 10.8. The van der Waals surface area contributed by atoms with Gasteiger partial charge in [0.25, 0.3) is 0 Å². The molecule has 1 aromatic heterocycles. The average Bonchev–Trinajstić information content (AvgIpc) is 2.48. The molecule has 0 saturated heterocycles. The molecule has 2 heterocycles. The van der Waals surface area contributed by atoms with Crippen molar-refractivity contribution in [3.05, 3.63) is 53.9 Å². The van der Waals surface area contributed by atoms with Gasteiger partial charge < -0.3 is 10.1 Å². The van der Waals surface area contributed by atoms with Crippen molar-refractivity contribution in [2.75, 3.05) is 20.2 Å². The highest BCUT2D eigenvalue weighted by Crippen LogP contribution is 2.30. The first-order valence-corrected chi connectivity index (χ1v) is 6.68. The Labute approximate surface area is 113 Å². The Bertz CT molecular complexity index is 554. The Morgan fingerprint density at radius 3 is 2.84 bits per heavy atom. The van der Waals surface area contributed by atoms with Crippen LogP contribution in [0.2, 0.25) is 0 Å². The van der Waals surface area contributed by atoms with E-state index >= 15 is 0 Å². The lowest BCUT2D eigenvalue weighted by atomic mass is 9.93. The fraction of sp³-hybridized carbons (Fsp3) is 0.312. The van der Waals surface area contributed by atoms with E-state index in [1.165, 1.54) is 22.3 Å². The SMILES string of the molecule is CNCC1OCCc2ccc(-c3ccncc3)cc21. The summed E-state index contributed by atoms with van der Waals surface area (Å²) in [7, 11) is 1.96. The molecule has 0 amide bonds. The summed E-state index contributed by atoms with van der Waals surface area (Å²) in [5, 5.41) is 3.20. The van der Waals surface area contributed by atoms with Crippen LogP contribution in [0.3, 0.4) is 0 Å². The van der Waals surface area contributed by atoms with E-state index in [-0.39, 0.29) is 6.10 Å². The van der Waals surface area contributed by atoms with Gasteiger partial charge in [-0.1, -0.05) is 12.1 Å². The first-order valence-electron chi connectivity index (χ1n) is 6.68. The second-order valence-corrected chi connectivity index (χ2v) is 4.82. The number of hydrogen-bond acceptors (Lipinski definition) is 3. The topological polar surface area (TPSA) is 34.1 Å². The highest BCUT2D eigenvalue weighted by atomic mass is 16.5. The molecule has 3 rings (SSSR count). The van der Waals surface area contributed by atoms with Crippen molar-refractivity contribution in [3.8, 4) is 11.1 Å². The molecule has 1 aliphatic rings. The number of benzene rings is 1. The fourth-order valence-corrected chi connectivity index (χ4v) is 2.60. The van der Waals surface area contributed by atoms with Gasteiger partial charge in [-0.15, -0.1) is 0 Å². The Hall–Kier alpha value is -1.71. The van der Waals surface area contributed by atoms with Gasteiger partial charge in [-0.25, -0.2) is 0 Å². The van der Waals surface area contributed by atoms with Gasteiger partial charge in [0.2, 0.25) is 0 Å². The standard InChI is InChI=1S/C16H18N2O/c1-17-11-16-15-10-14(12-4-7-18-8-5-12)3-2-13(15)6-9-19-16/h2-5,7-8,10,16-17H,6,9,11H2,1H3. The third-order valence-electron chi connectivity index (χ3n) is 3.59. The zero-order chi connectivity index (χ0) is 13.1. The first kappa shape index (κ1) is 12.3. The summed E-state index contributed by atoms with van der Waals surface area (Å²) < 4.78 is 5.86. The van der Waals surface area contributed by atoms with E-state index < -0.39 is 0 Å². The molecule has 2 aromatic rings. The summed E-state index contributed by atoms with van der Waals surface area (Å²) in [5.41, 5.74) is 5.15. The zero-order valence-electron chi connectivity index (χ0n) is 11.1. The first-order chi connectivity index (χ1) is 9.38. The van der Waals surface area contributed by atoms with Crippen molar-refractivity contribution in [2.45, 2.75) is 12.5 Å². The molecule has 3 nitrogen and oxygen atoms in total. The van der Waals surface area contributed by atoms with Crippen LogP contribution in [-0.4, -0.2) is 25.2 Å². The van der Waals surface area contributed by atoms with Crippen molar-refractivity contribution in [2.24, 2.45) is 0 Å². The van der Waals surface area contributed by atoms with Crippen LogP contribution in [0.5, 0.6) is 0 Å². The summed E-state index contributed by atoms with van der Waals surface area (Å²) in [6.45, 7) is 1.67. The maximum atomic E-state index is 5.86. The van der Waals surface area contributed by atoms with Gasteiger partial charge in [0.1, 0.15) is 0 Å². The third kappa shape index (κ3) is 2.53. The normalized spacial score (nSPS) is 18.1. The largest absolute Gasteiger partial charge is 0.372 e. The predicted octanol–water partition coefficient (Wildman–Crippen LogP) is 2.58. The van der Waals surface area contributed by atoms with Crippen LogP contribution in [0.1, 0.15) is 17.2 Å². The lowest BCUT2D eigenvalue weighted by Crippen LogP contribution is -2.25. The molecule has 3 heteroatoms. The lowest BCUT2D eigenvalue weighted by molar-refractivity contribution is 0.0439. The monoisotopic (exact) mass is 254 g/mol. The summed E-state index contributed by atoms with van der Waals surface area (Å²) >= 11 is 0. The Morgan fingerprint density at radius 1 is 1.21 bits per heavy atom. The van der Waals surface area contributed by atoms with E-state index in [1.54, 1.807) is 0 Å². The summed E-state index contributed by atoms with van der Waals surface area (Å²) in [4.78, 5) is 4.07. The molecule has 0 radical (unpaired) electrons. The minimum absolute atomic E-state index is 0.163. The van der Waals surface area contributed by atoms with Crippen LogP contribution in [0.25, 0.3) is 11.1 Å². The summed E-state index contributed by atoms with van der Waals surface area (Å²) in [6.07, 6.45) is 4.83. The molecular weight excluding hydrogens is 236 g/mol. The van der Waals surface area contributed by atoms with Crippen molar-refractivity contribution in [3.63, 3.8) is 0 Å². The number of likely N-dealkylation sites (N-methyl/N-ethyl adjacent to an activating group) is 1. The zero-order valence-corrected chi connectivity index (χ0v) is 11.1. The molecule has 0 fully saturated rings. The number of fused-ring (bicyclic) bond motifs is 1. The number of nitrogens with one attached hydrogen (secondary N) is 1. The van der Waals surface area contributed by atoms with Crippen molar-refractivity contribution < 1.29 is 4.74 Å². The van der Waals surface area contributed by atoms with Crippen molar-refractivity contribution in [1.82, 2.24) is 10.3 Å². The fourth-order valence-electron chi connectivity index (χ4n) is 2.60. The average molecular weight is 254 g/mol. The van der Waals surface area contributed by atoms with E-state index in [4.69, 9.17) is 4.74 Å². The highest BCUT2D eigenvalue weighted by molar-refractivity contribution is 5.64. The van der Waals surface area contributed by atoms with Gasteiger partial charge in [0, 0.05) is 18.9 Å². The number of hydrogen-bond donors (Lipinski definition) is 1. The van der Waals surface area contributed by atoms with Crippen molar-refractivity contribution in [1.29, 1.82) is 0 Å². The van der Waals surface area contributed by atoms with Crippen LogP contribution in [0, 0.1) is 0 Å². The van der Waals surface area contributed by atoms with Crippen LogP contribution < -0.4 is 5.32 Å². The van der Waals surface area contributed by atoms with Crippen LogP contribution >= 0.6 is 0 Å². The van der Waals surface area contributed by atoms with Gasteiger partial charge >= 0.3 is 0 Å². The molecule has 1 aliphatic heterocycles. The van der Waals surface area contributed by atoms with E-state index in [0.717, 1.165) is 19.6 Å². The molecule has 0 bridgehead atoms. The lowest BCUT2D eigenvalue weighted by Gasteiger charge is -2.26. The maximum absolute atomic E-state index is 5.86. The smallest absolute Gasteiger partial charge is 0.0952 e. The number of pyridine rings is 1. The molecular formula is C16H18N2O. The quantitative estimate of drug-likeness (QED) is 0.914. The number of aromatic nitrogens is 1. The van der Waals surface area contributed by atoms with Gasteiger partial charge in [-0.2, -0.15) is 0 Å². The Balaban J connectivity index is 2.00. The minimum atomic E-state index is 0.163. The van der Waals surface area contributed by atoms with Gasteiger partial charge in [0.15, 0.2) is 0 Å². The van der Waals surface area contributed by atoms with E-state index in [9.17, 15) is 0 Å². The maximum Gasteiger partial charge on any atom is 0.0952 e. The second-order valence-electron chi connectivity index (χ2n) is 4.82. The van der Waals surface area contributed by atoms with E-state index in [0.29, 0.717) is 0 Å². The Morgan fingerprint density at radius 2 is 2.05 bits per heavy atom. The van der Waals surface area contributed by atoms with Crippen LogP contribution in [-0.2, 0) is 11.2 Å². The molecule has 1 atom stereocenters. The minimum Gasteiger partial charge on any atom is -0.372 e. The number of rotatable bonds is 3. The van der Waals surface area contributed by atoms with Crippen molar-refractivity contribution >= 4 is 0 Å². The summed E-state index contributed by atoms with van der Waals surface area (Å²) in [5.74, 6) is 0. The van der Waals surface area contributed by atoms with Crippen LogP contribution in [0.15, 0.2) is 42.7 Å². The molecule has 0 aliphatic carbocycles. The third-order valence-corrected chi connectivity index (χ3v) is 3.59. The van der Waals surface area contributed by atoms with E-state index in [2.05, 4.69) is 28.5 Å². The number of ether oxygens (including phenoxy) is 1. The molecule has 1 unspecified atom stereocenters. The molecule has 0 saturated carbocycles. The molecule has 98 valence electrons. The molecule has 19 heavy (non-hydrogen) atoms. The highest BCUT2D eigenvalue weighted by Gasteiger charge is 2.20. The van der Waals surface area contributed by atoms with Gasteiger partial charge in [-0.05, 0) is 53.9 Å². The molecule has 1 aromatic carbocycles. The van der Waals surface area contributed by atoms with Crippen LogP contribution in [0.4, 0.5) is 0 Å². The van der Waals surface area contributed by atoms with Gasteiger partial charge in [-0.3, -0.25) is 4.98 Å². The predicted molar refractivity (Wildman–Crippen MR) is 76.0 cm³/mol. The van der Waals surface area contributed by atoms with Gasteiger partial charge in [0.05, 0.1) is 12.7 Å².